The molecule has 1 aromatic carbocycles. The van der Waals surface area contributed by atoms with E-state index in [1.54, 1.807) is 7.11 Å². The lowest BCUT2D eigenvalue weighted by Crippen LogP contribution is -2.51. The van der Waals surface area contributed by atoms with Crippen molar-refractivity contribution < 1.29 is 9.47 Å². The Morgan fingerprint density at radius 1 is 1.35 bits per heavy atom. The molecular weight excluding hydrogens is 276 g/mol. The Morgan fingerprint density at radius 3 is 2.75 bits per heavy atom. The molecule has 0 spiro atoms. The van der Waals surface area contributed by atoms with Crippen molar-refractivity contribution in [2.45, 2.75) is 25.0 Å². The molecule has 2 fully saturated rings. The fourth-order valence-corrected chi connectivity index (χ4v) is 3.18. The van der Waals surface area contributed by atoms with Crippen LogP contribution in [0.3, 0.4) is 0 Å². The highest BCUT2D eigenvalue weighted by Gasteiger charge is 2.29. The predicted molar refractivity (Wildman–Crippen MR) is 79.9 cm³/mol. The Hall–Kier alpha value is -0.970. The molecule has 0 bridgehead atoms. The highest BCUT2D eigenvalue weighted by molar-refractivity contribution is 6.30. The molecule has 2 aliphatic heterocycles. The Balaban J connectivity index is 1.90. The zero-order chi connectivity index (χ0) is 14.1. The van der Waals surface area contributed by atoms with Gasteiger partial charge in [0.2, 0.25) is 0 Å². The number of ether oxygens (including phenoxy) is 2. The molecular formula is C15H21ClN2O2. The Bertz CT molecular complexity index is 483. The van der Waals surface area contributed by atoms with Gasteiger partial charge in [0.05, 0.1) is 7.11 Å². The van der Waals surface area contributed by atoms with Crippen LogP contribution >= 0.6 is 11.6 Å². The van der Waals surface area contributed by atoms with E-state index >= 15 is 0 Å². The number of nitrogens with zero attached hydrogens (tertiary/aromatic N) is 1. The predicted octanol–water partition coefficient (Wildman–Crippen LogP) is 2.47. The molecule has 0 radical (unpaired) electrons. The fraction of sp³-hybridized carbons (Fsp3) is 0.600. The van der Waals surface area contributed by atoms with Crippen LogP contribution in [0.25, 0.3) is 0 Å². The van der Waals surface area contributed by atoms with Crippen LogP contribution in [0.15, 0.2) is 12.1 Å². The maximum Gasteiger partial charge on any atom is 0.166 e. The van der Waals surface area contributed by atoms with Gasteiger partial charge in [-0.2, -0.15) is 0 Å². The number of rotatable bonds is 4. The van der Waals surface area contributed by atoms with Gasteiger partial charge < -0.3 is 14.8 Å². The molecule has 3 rings (SSSR count). The summed E-state index contributed by atoms with van der Waals surface area (Å²) in [6.07, 6.45) is 2.55. The van der Waals surface area contributed by atoms with Crippen LogP contribution in [0.2, 0.25) is 5.02 Å². The number of hydrogen-bond donors (Lipinski definition) is 1. The van der Waals surface area contributed by atoms with Crippen LogP contribution in [-0.4, -0.2) is 44.8 Å². The molecule has 2 aliphatic rings. The lowest BCUT2D eigenvalue weighted by atomic mass is 10.0. The number of likely N-dealkylation sites (N-methyl/N-ethyl adjacent to an activating group) is 1. The summed E-state index contributed by atoms with van der Waals surface area (Å²) in [7, 11) is 3.76. The molecule has 1 aromatic rings. The van der Waals surface area contributed by atoms with Crippen molar-refractivity contribution >= 4 is 11.6 Å². The minimum Gasteiger partial charge on any atom is -0.493 e. The first-order valence-electron chi connectivity index (χ1n) is 7.13. The smallest absolute Gasteiger partial charge is 0.166 e. The van der Waals surface area contributed by atoms with Crippen LogP contribution < -0.4 is 14.8 Å². The fourth-order valence-electron chi connectivity index (χ4n) is 2.96. The van der Waals surface area contributed by atoms with Crippen molar-refractivity contribution in [2.24, 2.45) is 0 Å². The summed E-state index contributed by atoms with van der Waals surface area (Å²) < 4.78 is 11.6. The monoisotopic (exact) mass is 296 g/mol. The molecule has 1 unspecified atom stereocenters. The number of halogens is 1. The van der Waals surface area contributed by atoms with Gasteiger partial charge in [0.1, 0.15) is 6.10 Å². The highest BCUT2D eigenvalue weighted by atomic mass is 35.5. The van der Waals surface area contributed by atoms with Crippen LogP contribution in [0, 0.1) is 0 Å². The summed E-state index contributed by atoms with van der Waals surface area (Å²) in [6, 6.07) is 4.15. The molecule has 0 aromatic heterocycles. The van der Waals surface area contributed by atoms with Crippen molar-refractivity contribution in [1.29, 1.82) is 0 Å². The SMILES string of the molecule is COc1cc(Cl)cc(C2CCCN2)c1OC1CN(C)C1. The van der Waals surface area contributed by atoms with E-state index < -0.39 is 0 Å². The average molecular weight is 297 g/mol. The van der Waals surface area contributed by atoms with E-state index in [1.807, 2.05) is 12.1 Å². The molecule has 2 heterocycles. The highest BCUT2D eigenvalue weighted by Crippen LogP contribution is 2.41. The van der Waals surface area contributed by atoms with Crippen LogP contribution in [0.1, 0.15) is 24.4 Å². The lowest BCUT2D eigenvalue weighted by Gasteiger charge is -2.37. The van der Waals surface area contributed by atoms with Gasteiger partial charge in [0, 0.05) is 35.8 Å². The molecule has 20 heavy (non-hydrogen) atoms. The van der Waals surface area contributed by atoms with Gasteiger partial charge in [0.15, 0.2) is 11.5 Å². The first-order valence-corrected chi connectivity index (χ1v) is 7.51. The van der Waals surface area contributed by atoms with Crippen molar-refractivity contribution in [3.05, 3.63) is 22.7 Å². The standard InChI is InChI=1S/C15H21ClN2O2/c1-18-8-11(9-18)20-15-12(13-4-3-5-17-13)6-10(16)7-14(15)19-2/h6-7,11,13,17H,3-5,8-9H2,1-2H3. The van der Waals surface area contributed by atoms with Gasteiger partial charge in [0.25, 0.3) is 0 Å². The third-order valence-electron chi connectivity index (χ3n) is 4.02. The lowest BCUT2D eigenvalue weighted by molar-refractivity contribution is 0.0359. The van der Waals surface area contributed by atoms with Crippen molar-refractivity contribution in [2.75, 3.05) is 33.8 Å². The molecule has 2 saturated heterocycles. The number of nitrogens with one attached hydrogen (secondary N) is 1. The van der Waals surface area contributed by atoms with Crippen LogP contribution in [0.5, 0.6) is 11.5 Å². The Morgan fingerprint density at radius 2 is 2.15 bits per heavy atom. The van der Waals surface area contributed by atoms with Gasteiger partial charge in [-0.05, 0) is 32.5 Å². The van der Waals surface area contributed by atoms with Gasteiger partial charge in [-0.3, -0.25) is 4.90 Å². The van der Waals surface area contributed by atoms with Crippen molar-refractivity contribution in [1.82, 2.24) is 10.2 Å². The molecule has 5 heteroatoms. The normalized spacial score (nSPS) is 23.6. The maximum absolute atomic E-state index is 6.22. The van der Waals surface area contributed by atoms with Gasteiger partial charge >= 0.3 is 0 Å². The summed E-state index contributed by atoms with van der Waals surface area (Å²) >= 11 is 6.22. The second kappa shape index (κ2) is 5.80. The van der Waals surface area contributed by atoms with Crippen molar-refractivity contribution in [3.8, 4) is 11.5 Å². The summed E-state index contributed by atoms with van der Waals surface area (Å²) in [5, 5.41) is 4.20. The minimum absolute atomic E-state index is 0.246. The summed E-state index contributed by atoms with van der Waals surface area (Å²) in [6.45, 7) is 2.97. The Labute approximate surface area is 125 Å². The topological polar surface area (TPSA) is 33.7 Å². The molecule has 1 N–H and O–H groups in total. The van der Waals surface area contributed by atoms with E-state index in [0.717, 1.165) is 43.1 Å². The number of benzene rings is 1. The molecule has 0 saturated carbocycles. The van der Waals surface area contributed by atoms with E-state index in [-0.39, 0.29) is 6.10 Å². The maximum atomic E-state index is 6.22. The molecule has 4 nitrogen and oxygen atoms in total. The number of likely N-dealkylation sites (tertiary alicyclic amines) is 1. The average Bonchev–Trinajstić information content (AvgIpc) is 2.91. The second-order valence-corrected chi connectivity index (χ2v) is 6.07. The zero-order valence-corrected chi connectivity index (χ0v) is 12.7. The number of hydrogen-bond acceptors (Lipinski definition) is 4. The van der Waals surface area contributed by atoms with Crippen molar-refractivity contribution in [3.63, 3.8) is 0 Å². The van der Waals surface area contributed by atoms with E-state index in [4.69, 9.17) is 21.1 Å². The first kappa shape index (κ1) is 14.0. The minimum atomic E-state index is 0.246. The third kappa shape index (κ3) is 2.73. The van der Waals surface area contributed by atoms with Gasteiger partial charge in [-0.25, -0.2) is 0 Å². The summed E-state index contributed by atoms with van der Waals surface area (Å²) in [5.74, 6) is 1.59. The summed E-state index contributed by atoms with van der Waals surface area (Å²) in [5.41, 5.74) is 1.13. The molecule has 0 aliphatic carbocycles. The van der Waals surface area contributed by atoms with Crippen LogP contribution in [0.4, 0.5) is 0 Å². The Kier molecular flexibility index (Phi) is 4.06. The second-order valence-electron chi connectivity index (χ2n) is 5.64. The quantitative estimate of drug-likeness (QED) is 0.925. The van der Waals surface area contributed by atoms with Gasteiger partial charge in [-0.1, -0.05) is 11.6 Å². The van der Waals surface area contributed by atoms with E-state index in [2.05, 4.69) is 17.3 Å². The molecule has 1 atom stereocenters. The molecule has 0 amide bonds. The zero-order valence-electron chi connectivity index (χ0n) is 12.0. The first-order chi connectivity index (χ1) is 9.67. The largest absolute Gasteiger partial charge is 0.493 e. The van der Waals surface area contributed by atoms with Gasteiger partial charge in [-0.15, -0.1) is 0 Å². The number of methoxy groups -OCH3 is 1. The van der Waals surface area contributed by atoms with E-state index in [9.17, 15) is 0 Å². The third-order valence-corrected chi connectivity index (χ3v) is 4.24. The molecule has 110 valence electrons. The van der Waals surface area contributed by atoms with Crippen LogP contribution in [-0.2, 0) is 0 Å². The summed E-state index contributed by atoms with van der Waals surface area (Å²) in [4.78, 5) is 2.24. The van der Waals surface area contributed by atoms with E-state index in [1.165, 1.54) is 6.42 Å². The van der Waals surface area contributed by atoms with E-state index in [0.29, 0.717) is 11.1 Å².